The van der Waals surface area contributed by atoms with Gasteiger partial charge in [-0.2, -0.15) is 5.26 Å². The van der Waals surface area contributed by atoms with Gasteiger partial charge in [-0.3, -0.25) is 19.3 Å². The zero-order valence-electron chi connectivity index (χ0n) is 16.0. The second kappa shape index (κ2) is 8.02. The molecule has 0 fully saturated rings. The van der Waals surface area contributed by atoms with E-state index in [9.17, 15) is 14.4 Å². The number of nitrogens with one attached hydrogen (secondary N) is 1. The fraction of sp³-hybridized carbons (Fsp3) is 0.0833. The van der Waals surface area contributed by atoms with Crippen molar-refractivity contribution in [1.82, 2.24) is 4.90 Å². The number of rotatable bonds is 5. The molecule has 0 atom stereocenters. The van der Waals surface area contributed by atoms with E-state index in [1.165, 1.54) is 4.90 Å². The molecule has 3 aromatic carbocycles. The number of hydrogen-bond donors (Lipinski definition) is 1. The Labute approximate surface area is 173 Å². The molecule has 4 rings (SSSR count). The molecule has 6 nitrogen and oxygen atoms in total. The number of fused-ring (bicyclic) bond motifs is 1. The maximum atomic E-state index is 12.5. The van der Waals surface area contributed by atoms with E-state index >= 15 is 0 Å². The highest BCUT2D eigenvalue weighted by Gasteiger charge is 2.34. The Morgan fingerprint density at radius 2 is 1.40 bits per heavy atom. The van der Waals surface area contributed by atoms with E-state index in [0.717, 1.165) is 11.1 Å². The van der Waals surface area contributed by atoms with E-state index in [0.29, 0.717) is 28.8 Å². The van der Waals surface area contributed by atoms with E-state index in [-0.39, 0.29) is 24.3 Å². The average molecular weight is 395 g/mol. The van der Waals surface area contributed by atoms with Crippen LogP contribution in [0.3, 0.4) is 0 Å². The molecule has 1 aliphatic heterocycles. The van der Waals surface area contributed by atoms with Gasteiger partial charge in [-0.25, -0.2) is 0 Å². The molecule has 0 saturated carbocycles. The molecule has 0 bridgehead atoms. The van der Waals surface area contributed by atoms with E-state index < -0.39 is 0 Å². The van der Waals surface area contributed by atoms with Gasteiger partial charge in [0.15, 0.2) is 0 Å². The monoisotopic (exact) mass is 395 g/mol. The van der Waals surface area contributed by atoms with Gasteiger partial charge in [0.1, 0.15) is 0 Å². The lowest BCUT2D eigenvalue weighted by molar-refractivity contribution is 0.0642. The van der Waals surface area contributed by atoms with E-state index in [4.69, 9.17) is 5.26 Å². The Balaban J connectivity index is 1.42. The average Bonchev–Trinajstić information content (AvgIpc) is 3.01. The number of imide groups is 1. The summed E-state index contributed by atoms with van der Waals surface area (Å²) in [4.78, 5) is 38.6. The van der Waals surface area contributed by atoms with Crippen molar-refractivity contribution in [1.29, 1.82) is 5.26 Å². The SMILES string of the molecule is N#CCc1ccc(NC(=O)c2ccc(CN3C(=O)c4ccccc4C3=O)cc2)cc1. The van der Waals surface area contributed by atoms with Crippen LogP contribution in [0, 0.1) is 11.3 Å². The third-order valence-electron chi connectivity index (χ3n) is 4.93. The van der Waals surface area contributed by atoms with Crippen LogP contribution in [0.4, 0.5) is 5.69 Å². The van der Waals surface area contributed by atoms with Crippen molar-refractivity contribution < 1.29 is 14.4 Å². The van der Waals surface area contributed by atoms with Crippen LogP contribution in [0.5, 0.6) is 0 Å². The largest absolute Gasteiger partial charge is 0.322 e. The summed E-state index contributed by atoms with van der Waals surface area (Å²) in [5.41, 5.74) is 3.56. The number of hydrogen-bond acceptors (Lipinski definition) is 4. The molecule has 0 aromatic heterocycles. The summed E-state index contributed by atoms with van der Waals surface area (Å²) in [6, 6.07) is 22.7. The number of nitrogens with zero attached hydrogens (tertiary/aromatic N) is 2. The van der Waals surface area contributed by atoms with Gasteiger partial charge in [0.2, 0.25) is 0 Å². The van der Waals surface area contributed by atoms with Crippen molar-refractivity contribution in [2.24, 2.45) is 0 Å². The van der Waals surface area contributed by atoms with Crippen LogP contribution >= 0.6 is 0 Å². The molecule has 0 spiro atoms. The first-order valence-corrected chi connectivity index (χ1v) is 9.38. The smallest absolute Gasteiger partial charge is 0.261 e. The van der Waals surface area contributed by atoms with Gasteiger partial charge in [-0.15, -0.1) is 0 Å². The van der Waals surface area contributed by atoms with Crippen LogP contribution in [0.25, 0.3) is 0 Å². The Bertz CT molecular complexity index is 1140. The van der Waals surface area contributed by atoms with Gasteiger partial charge >= 0.3 is 0 Å². The van der Waals surface area contributed by atoms with Gasteiger partial charge in [0.25, 0.3) is 17.7 Å². The van der Waals surface area contributed by atoms with E-state index in [1.54, 1.807) is 72.8 Å². The van der Waals surface area contributed by atoms with Crippen LogP contribution < -0.4 is 5.32 Å². The Hall–Kier alpha value is -4.24. The number of carbonyl (C=O) groups is 3. The molecule has 146 valence electrons. The standard InChI is InChI=1S/C24H17N3O3/c25-14-13-16-7-11-19(12-8-16)26-22(28)18-9-5-17(6-10-18)15-27-23(29)20-3-1-2-4-21(20)24(27)30/h1-12H,13,15H2,(H,26,28). The van der Waals surface area contributed by atoms with Crippen molar-refractivity contribution in [2.75, 3.05) is 5.32 Å². The highest BCUT2D eigenvalue weighted by molar-refractivity contribution is 6.21. The topological polar surface area (TPSA) is 90.3 Å². The molecular weight excluding hydrogens is 378 g/mol. The highest BCUT2D eigenvalue weighted by atomic mass is 16.2. The minimum atomic E-state index is -0.308. The van der Waals surface area contributed by atoms with Gasteiger partial charge in [0, 0.05) is 11.3 Å². The normalized spacial score (nSPS) is 12.4. The number of anilines is 1. The molecule has 0 unspecified atom stereocenters. The van der Waals surface area contributed by atoms with Gasteiger partial charge in [-0.05, 0) is 47.5 Å². The third-order valence-corrected chi connectivity index (χ3v) is 4.93. The molecule has 3 amide bonds. The summed E-state index contributed by atoms with van der Waals surface area (Å²) in [6.45, 7) is 0.147. The lowest BCUT2D eigenvalue weighted by Gasteiger charge is -2.14. The van der Waals surface area contributed by atoms with Gasteiger partial charge in [-0.1, -0.05) is 36.4 Å². The first kappa shape index (κ1) is 19.1. The molecule has 0 aliphatic carbocycles. The van der Waals surface area contributed by atoms with Crippen LogP contribution in [0.15, 0.2) is 72.8 Å². The summed E-state index contributed by atoms with van der Waals surface area (Å²) in [5, 5.41) is 11.5. The van der Waals surface area contributed by atoms with Crippen molar-refractivity contribution >= 4 is 23.4 Å². The summed E-state index contributed by atoms with van der Waals surface area (Å²) in [6.07, 6.45) is 0.322. The van der Waals surface area contributed by atoms with Crippen molar-refractivity contribution in [2.45, 2.75) is 13.0 Å². The quantitative estimate of drug-likeness (QED) is 0.666. The van der Waals surface area contributed by atoms with Crippen LogP contribution in [-0.4, -0.2) is 22.6 Å². The molecule has 1 N–H and O–H groups in total. The van der Waals surface area contributed by atoms with Crippen molar-refractivity contribution in [3.05, 3.63) is 101 Å². The third kappa shape index (κ3) is 3.69. The van der Waals surface area contributed by atoms with Crippen LogP contribution in [0.1, 0.15) is 42.2 Å². The predicted molar refractivity (Wildman–Crippen MR) is 111 cm³/mol. The molecule has 6 heteroatoms. The first-order valence-electron chi connectivity index (χ1n) is 9.38. The Morgan fingerprint density at radius 1 is 0.833 bits per heavy atom. The summed E-state index contributed by atoms with van der Waals surface area (Å²) < 4.78 is 0. The highest BCUT2D eigenvalue weighted by Crippen LogP contribution is 2.24. The summed E-state index contributed by atoms with van der Waals surface area (Å²) in [5.74, 6) is -0.884. The zero-order valence-corrected chi connectivity index (χ0v) is 16.0. The number of amides is 3. The molecule has 1 aliphatic rings. The second-order valence-corrected chi connectivity index (χ2v) is 6.92. The van der Waals surface area contributed by atoms with Crippen LogP contribution in [-0.2, 0) is 13.0 Å². The lowest BCUT2D eigenvalue weighted by atomic mass is 10.1. The zero-order chi connectivity index (χ0) is 21.1. The van der Waals surface area contributed by atoms with Gasteiger partial charge in [0.05, 0.1) is 30.2 Å². The number of nitriles is 1. The maximum absolute atomic E-state index is 12.5. The molecule has 1 heterocycles. The van der Waals surface area contributed by atoms with E-state index in [2.05, 4.69) is 11.4 Å². The summed E-state index contributed by atoms with van der Waals surface area (Å²) >= 11 is 0. The molecule has 3 aromatic rings. The van der Waals surface area contributed by atoms with Crippen LogP contribution in [0.2, 0.25) is 0 Å². The lowest BCUT2D eigenvalue weighted by Crippen LogP contribution is -2.29. The Morgan fingerprint density at radius 3 is 1.97 bits per heavy atom. The van der Waals surface area contributed by atoms with Crippen molar-refractivity contribution in [3.8, 4) is 6.07 Å². The minimum Gasteiger partial charge on any atom is -0.322 e. The Kier molecular flexibility index (Phi) is 5.10. The van der Waals surface area contributed by atoms with Crippen molar-refractivity contribution in [3.63, 3.8) is 0 Å². The van der Waals surface area contributed by atoms with E-state index in [1.807, 2.05) is 0 Å². The van der Waals surface area contributed by atoms with Gasteiger partial charge < -0.3 is 5.32 Å². The first-order chi connectivity index (χ1) is 14.6. The number of benzene rings is 3. The molecule has 0 saturated heterocycles. The number of carbonyl (C=O) groups excluding carboxylic acids is 3. The maximum Gasteiger partial charge on any atom is 0.261 e. The summed E-state index contributed by atoms with van der Waals surface area (Å²) in [7, 11) is 0. The minimum absolute atomic E-state index is 0.147. The predicted octanol–water partition coefficient (Wildman–Crippen LogP) is 3.80. The molecule has 0 radical (unpaired) electrons. The second-order valence-electron chi connectivity index (χ2n) is 6.92. The molecule has 30 heavy (non-hydrogen) atoms. The fourth-order valence-electron chi connectivity index (χ4n) is 3.33. The fourth-order valence-corrected chi connectivity index (χ4v) is 3.33. The molecular formula is C24H17N3O3.